The molecule has 0 aliphatic rings. The van der Waals surface area contributed by atoms with Gasteiger partial charge < -0.3 is 15.2 Å². The third-order valence-corrected chi connectivity index (χ3v) is 3.42. The number of rotatable bonds is 7. The van der Waals surface area contributed by atoms with Gasteiger partial charge in [0.25, 0.3) is 0 Å². The van der Waals surface area contributed by atoms with Crippen LogP contribution in [0.2, 0.25) is 0 Å². The summed E-state index contributed by atoms with van der Waals surface area (Å²) in [6, 6.07) is 1.95. The van der Waals surface area contributed by atoms with Crippen LogP contribution in [0.4, 0.5) is 5.82 Å². The summed E-state index contributed by atoms with van der Waals surface area (Å²) in [7, 11) is 0. The van der Waals surface area contributed by atoms with Gasteiger partial charge in [0.05, 0.1) is 22.9 Å². The lowest BCUT2D eigenvalue weighted by molar-refractivity contribution is 0.0317. The highest BCUT2D eigenvalue weighted by Gasteiger charge is 2.08. The van der Waals surface area contributed by atoms with E-state index in [2.05, 4.69) is 29.1 Å². The van der Waals surface area contributed by atoms with Gasteiger partial charge in [0.2, 0.25) is 0 Å². The van der Waals surface area contributed by atoms with E-state index >= 15 is 0 Å². The molecule has 2 aromatic rings. The zero-order valence-corrected chi connectivity index (χ0v) is 12.0. The van der Waals surface area contributed by atoms with Crippen molar-refractivity contribution >= 4 is 27.4 Å². The molecule has 104 valence electrons. The zero-order chi connectivity index (χ0) is 13.7. The number of nitrogens with one attached hydrogen (secondary N) is 1. The first-order chi connectivity index (χ1) is 9.16. The SMILES string of the molecule is CC(C)COC[C@H](O)CNc1ncnc2ccsc12. The summed E-state index contributed by atoms with van der Waals surface area (Å²) in [4.78, 5) is 8.37. The molecule has 0 aliphatic heterocycles. The fourth-order valence-electron chi connectivity index (χ4n) is 1.63. The van der Waals surface area contributed by atoms with E-state index in [0.29, 0.717) is 25.7 Å². The number of thiophene rings is 1. The number of anilines is 1. The molecule has 0 radical (unpaired) electrons. The van der Waals surface area contributed by atoms with Crippen LogP contribution in [0.5, 0.6) is 0 Å². The van der Waals surface area contributed by atoms with Crippen molar-refractivity contribution in [2.45, 2.75) is 20.0 Å². The molecule has 0 aliphatic carbocycles. The van der Waals surface area contributed by atoms with Crippen molar-refractivity contribution in [3.05, 3.63) is 17.8 Å². The van der Waals surface area contributed by atoms with E-state index in [1.54, 1.807) is 11.3 Å². The van der Waals surface area contributed by atoms with Crippen LogP contribution in [0.3, 0.4) is 0 Å². The third kappa shape index (κ3) is 4.12. The number of nitrogens with zero attached hydrogens (tertiary/aromatic N) is 2. The van der Waals surface area contributed by atoms with Gasteiger partial charge in [-0.1, -0.05) is 13.8 Å². The Morgan fingerprint density at radius 3 is 3.00 bits per heavy atom. The number of fused-ring (bicyclic) bond motifs is 1. The first-order valence-corrected chi connectivity index (χ1v) is 7.22. The molecule has 5 nitrogen and oxygen atoms in total. The smallest absolute Gasteiger partial charge is 0.147 e. The molecule has 1 atom stereocenters. The molecule has 2 heterocycles. The van der Waals surface area contributed by atoms with E-state index in [4.69, 9.17) is 4.74 Å². The Hall–Kier alpha value is -1.24. The summed E-state index contributed by atoms with van der Waals surface area (Å²) >= 11 is 1.59. The molecule has 0 amide bonds. The minimum atomic E-state index is -0.538. The maximum absolute atomic E-state index is 9.82. The molecular formula is C13H19N3O2S. The minimum absolute atomic E-state index is 0.337. The quantitative estimate of drug-likeness (QED) is 0.814. The summed E-state index contributed by atoms with van der Waals surface area (Å²) < 4.78 is 6.41. The Labute approximate surface area is 116 Å². The van der Waals surface area contributed by atoms with Crippen molar-refractivity contribution in [3.63, 3.8) is 0 Å². The lowest BCUT2D eigenvalue weighted by atomic mass is 10.2. The van der Waals surface area contributed by atoms with Crippen LogP contribution in [-0.4, -0.2) is 40.9 Å². The van der Waals surface area contributed by atoms with Crippen molar-refractivity contribution in [3.8, 4) is 0 Å². The Morgan fingerprint density at radius 1 is 1.37 bits per heavy atom. The fourth-order valence-corrected chi connectivity index (χ4v) is 2.44. The van der Waals surface area contributed by atoms with E-state index in [0.717, 1.165) is 16.0 Å². The number of hydrogen-bond donors (Lipinski definition) is 2. The Morgan fingerprint density at radius 2 is 2.21 bits per heavy atom. The summed E-state index contributed by atoms with van der Waals surface area (Å²) in [6.07, 6.45) is 0.989. The number of aliphatic hydroxyl groups excluding tert-OH is 1. The highest BCUT2D eigenvalue weighted by Crippen LogP contribution is 2.24. The molecule has 0 fully saturated rings. The van der Waals surface area contributed by atoms with Crippen molar-refractivity contribution in [2.24, 2.45) is 5.92 Å². The molecule has 0 spiro atoms. The Bertz CT molecular complexity index is 515. The second-order valence-corrected chi connectivity index (χ2v) is 5.74. The van der Waals surface area contributed by atoms with Crippen molar-refractivity contribution in [2.75, 3.05) is 25.1 Å². The van der Waals surface area contributed by atoms with Gasteiger partial charge >= 0.3 is 0 Å². The van der Waals surface area contributed by atoms with Gasteiger partial charge in [-0.15, -0.1) is 11.3 Å². The van der Waals surface area contributed by atoms with Crippen LogP contribution in [-0.2, 0) is 4.74 Å². The monoisotopic (exact) mass is 281 g/mol. The second-order valence-electron chi connectivity index (χ2n) is 4.82. The standard InChI is InChI=1S/C13H19N3O2S/c1-9(2)6-18-7-10(17)5-14-13-12-11(3-4-19-12)15-8-16-13/h3-4,8-10,17H,5-7H2,1-2H3,(H,14,15,16)/t10-/m1/s1. The van der Waals surface area contributed by atoms with Crippen LogP contribution in [0.25, 0.3) is 10.2 Å². The van der Waals surface area contributed by atoms with Crippen LogP contribution < -0.4 is 5.32 Å². The second kappa shape index (κ2) is 6.79. The number of aliphatic hydroxyl groups is 1. The first-order valence-electron chi connectivity index (χ1n) is 6.34. The molecule has 0 bridgehead atoms. The highest BCUT2D eigenvalue weighted by molar-refractivity contribution is 7.17. The molecule has 0 aromatic carbocycles. The predicted octanol–water partition coefficient (Wildman–Crippen LogP) is 2.14. The molecule has 6 heteroatoms. The fraction of sp³-hybridized carbons (Fsp3) is 0.538. The minimum Gasteiger partial charge on any atom is -0.389 e. The maximum atomic E-state index is 9.82. The van der Waals surface area contributed by atoms with E-state index in [-0.39, 0.29) is 0 Å². The van der Waals surface area contributed by atoms with Gasteiger partial charge in [-0.3, -0.25) is 0 Å². The van der Waals surface area contributed by atoms with Crippen LogP contribution >= 0.6 is 11.3 Å². The Balaban J connectivity index is 1.83. The lowest BCUT2D eigenvalue weighted by Gasteiger charge is -2.14. The molecule has 2 N–H and O–H groups in total. The van der Waals surface area contributed by atoms with Crippen LogP contribution in [0, 0.1) is 5.92 Å². The van der Waals surface area contributed by atoms with Crippen molar-refractivity contribution < 1.29 is 9.84 Å². The first kappa shape index (κ1) is 14.2. The lowest BCUT2D eigenvalue weighted by Crippen LogP contribution is -2.26. The largest absolute Gasteiger partial charge is 0.389 e. The van der Waals surface area contributed by atoms with Gasteiger partial charge in [0.1, 0.15) is 12.1 Å². The average molecular weight is 281 g/mol. The topological polar surface area (TPSA) is 67.3 Å². The van der Waals surface area contributed by atoms with Crippen LogP contribution in [0.1, 0.15) is 13.8 Å². The van der Waals surface area contributed by atoms with E-state index in [1.165, 1.54) is 6.33 Å². The predicted molar refractivity (Wildman–Crippen MR) is 77.6 cm³/mol. The van der Waals surface area contributed by atoms with Gasteiger partial charge in [-0.2, -0.15) is 0 Å². The van der Waals surface area contributed by atoms with E-state index in [1.807, 2.05) is 11.4 Å². The molecular weight excluding hydrogens is 262 g/mol. The maximum Gasteiger partial charge on any atom is 0.147 e. The Kier molecular flexibility index (Phi) is 5.07. The zero-order valence-electron chi connectivity index (χ0n) is 11.2. The van der Waals surface area contributed by atoms with Gasteiger partial charge in [-0.25, -0.2) is 9.97 Å². The average Bonchev–Trinajstić information content (AvgIpc) is 2.84. The van der Waals surface area contributed by atoms with E-state index in [9.17, 15) is 5.11 Å². The van der Waals surface area contributed by atoms with Crippen molar-refractivity contribution in [1.29, 1.82) is 0 Å². The molecule has 2 aromatic heterocycles. The van der Waals surface area contributed by atoms with Gasteiger partial charge in [-0.05, 0) is 17.4 Å². The van der Waals surface area contributed by atoms with Crippen LogP contribution in [0.15, 0.2) is 17.8 Å². The summed E-state index contributed by atoms with van der Waals surface area (Å²) in [5.41, 5.74) is 0.924. The summed E-state index contributed by atoms with van der Waals surface area (Å²) in [5, 5.41) is 14.9. The molecule has 2 rings (SSSR count). The van der Waals surface area contributed by atoms with E-state index < -0.39 is 6.10 Å². The van der Waals surface area contributed by atoms with Crippen molar-refractivity contribution in [1.82, 2.24) is 9.97 Å². The molecule has 19 heavy (non-hydrogen) atoms. The normalized spacial score (nSPS) is 13.1. The van der Waals surface area contributed by atoms with Gasteiger partial charge in [0, 0.05) is 13.2 Å². The molecule has 0 unspecified atom stereocenters. The summed E-state index contributed by atoms with van der Waals surface area (Å²) in [6.45, 7) is 5.59. The third-order valence-electron chi connectivity index (χ3n) is 2.51. The summed E-state index contributed by atoms with van der Waals surface area (Å²) in [5.74, 6) is 1.25. The molecule has 0 saturated carbocycles. The number of hydrogen-bond acceptors (Lipinski definition) is 6. The molecule has 0 saturated heterocycles. The highest BCUT2D eigenvalue weighted by atomic mass is 32.1. The number of ether oxygens (including phenoxy) is 1. The van der Waals surface area contributed by atoms with Gasteiger partial charge in [0.15, 0.2) is 0 Å². The number of aromatic nitrogens is 2.